The molecule has 3 rings (SSSR count). The monoisotopic (exact) mass is 502 g/mol. The third kappa shape index (κ3) is 9.48. The zero-order valence-electron chi connectivity index (χ0n) is 20.6. The largest absolute Gasteiger partial charge is 0.466 e. The van der Waals surface area contributed by atoms with Gasteiger partial charge in [-0.1, -0.05) is 48.5 Å². The molecule has 37 heavy (non-hydrogen) atoms. The number of ether oxygens (including phenoxy) is 1. The van der Waals surface area contributed by atoms with Crippen molar-refractivity contribution in [2.45, 2.75) is 26.3 Å². The molecule has 0 aliphatic carbocycles. The number of carbonyl (C=O) groups is 4. The second-order valence-electron chi connectivity index (χ2n) is 8.11. The predicted molar refractivity (Wildman–Crippen MR) is 141 cm³/mol. The molecule has 192 valence electrons. The number of benzene rings is 3. The van der Waals surface area contributed by atoms with Crippen LogP contribution in [0, 0.1) is 0 Å². The van der Waals surface area contributed by atoms with Gasteiger partial charge in [0.05, 0.1) is 13.2 Å². The summed E-state index contributed by atoms with van der Waals surface area (Å²) in [4.78, 5) is 48.6. The fourth-order valence-corrected chi connectivity index (χ4v) is 3.44. The summed E-state index contributed by atoms with van der Waals surface area (Å²) in [6, 6.07) is 22.7. The van der Waals surface area contributed by atoms with E-state index < -0.39 is 17.8 Å². The zero-order valence-corrected chi connectivity index (χ0v) is 20.6. The van der Waals surface area contributed by atoms with E-state index in [9.17, 15) is 19.2 Å². The summed E-state index contributed by atoms with van der Waals surface area (Å²) in [5.74, 6) is -1.12. The molecule has 0 atom stereocenters. The second-order valence-corrected chi connectivity index (χ2v) is 8.11. The van der Waals surface area contributed by atoms with E-state index in [1.165, 1.54) is 6.07 Å². The summed E-state index contributed by atoms with van der Waals surface area (Å²) >= 11 is 0. The number of carbonyl (C=O) groups excluding carboxylic acids is 4. The van der Waals surface area contributed by atoms with Crippen molar-refractivity contribution >= 4 is 35.2 Å². The molecule has 9 heteroatoms. The summed E-state index contributed by atoms with van der Waals surface area (Å²) in [5.41, 5.74) is 3.16. The number of aryl methyl sites for hydroxylation is 1. The Labute approximate surface area is 215 Å². The van der Waals surface area contributed by atoms with E-state index in [1.807, 2.05) is 36.4 Å². The second kappa shape index (κ2) is 14.0. The molecule has 0 saturated carbocycles. The van der Waals surface area contributed by atoms with Gasteiger partial charge in [-0.2, -0.15) is 0 Å². The molecule has 4 N–H and O–H groups in total. The van der Waals surface area contributed by atoms with Crippen molar-refractivity contribution in [3.63, 3.8) is 0 Å². The van der Waals surface area contributed by atoms with E-state index in [-0.39, 0.29) is 18.9 Å². The van der Waals surface area contributed by atoms with Crippen LogP contribution in [0.5, 0.6) is 0 Å². The van der Waals surface area contributed by atoms with Gasteiger partial charge < -0.3 is 26.0 Å². The number of hydrogen-bond acceptors (Lipinski definition) is 5. The average molecular weight is 503 g/mol. The first-order chi connectivity index (χ1) is 17.9. The van der Waals surface area contributed by atoms with Gasteiger partial charge in [0.15, 0.2) is 0 Å². The number of hydrogen-bond donors (Lipinski definition) is 4. The summed E-state index contributed by atoms with van der Waals surface area (Å²) in [5, 5.41) is 10.8. The Morgan fingerprint density at radius 2 is 1.46 bits per heavy atom. The molecule has 3 aromatic rings. The van der Waals surface area contributed by atoms with Crippen molar-refractivity contribution < 1.29 is 23.9 Å². The Morgan fingerprint density at radius 1 is 0.757 bits per heavy atom. The Balaban J connectivity index is 1.45. The summed E-state index contributed by atoms with van der Waals surface area (Å²) < 4.78 is 4.93. The van der Waals surface area contributed by atoms with Gasteiger partial charge in [-0.15, -0.1) is 0 Å². The molecule has 0 aliphatic rings. The Bertz CT molecular complexity index is 1230. The minimum absolute atomic E-state index is 0.235. The van der Waals surface area contributed by atoms with Crippen LogP contribution in [0.15, 0.2) is 78.9 Å². The quantitative estimate of drug-likeness (QED) is 0.296. The first kappa shape index (κ1) is 26.9. The average Bonchev–Trinajstić information content (AvgIpc) is 2.90. The van der Waals surface area contributed by atoms with Crippen LogP contribution in [0.3, 0.4) is 0 Å². The lowest BCUT2D eigenvalue weighted by Gasteiger charge is -2.10. The molecule has 0 spiro atoms. The lowest BCUT2D eigenvalue weighted by molar-refractivity contribution is -0.143. The summed E-state index contributed by atoms with van der Waals surface area (Å²) in [6.07, 6.45) is 0.748. The van der Waals surface area contributed by atoms with Crippen molar-refractivity contribution in [2.24, 2.45) is 0 Å². The molecule has 0 heterocycles. The summed E-state index contributed by atoms with van der Waals surface area (Å²) in [6.45, 7) is 2.23. The zero-order chi connectivity index (χ0) is 26.5. The van der Waals surface area contributed by atoms with Crippen LogP contribution < -0.4 is 21.3 Å². The molecule has 0 fully saturated rings. The van der Waals surface area contributed by atoms with E-state index in [0.717, 1.165) is 11.1 Å². The van der Waals surface area contributed by atoms with Gasteiger partial charge in [0, 0.05) is 29.9 Å². The summed E-state index contributed by atoms with van der Waals surface area (Å²) in [7, 11) is 0. The Morgan fingerprint density at radius 3 is 2.22 bits per heavy atom. The fraction of sp³-hybridized carbons (Fsp3) is 0.214. The van der Waals surface area contributed by atoms with Crippen LogP contribution in [0.4, 0.5) is 16.2 Å². The number of amides is 4. The van der Waals surface area contributed by atoms with Crippen molar-refractivity contribution in [3.8, 4) is 0 Å². The topological polar surface area (TPSA) is 126 Å². The molecule has 0 aromatic heterocycles. The van der Waals surface area contributed by atoms with Crippen LogP contribution in [-0.4, -0.2) is 37.0 Å². The van der Waals surface area contributed by atoms with E-state index in [2.05, 4.69) is 21.3 Å². The molecular formula is C28H30N4O5. The van der Waals surface area contributed by atoms with E-state index >= 15 is 0 Å². The predicted octanol–water partition coefficient (Wildman–Crippen LogP) is 3.87. The number of rotatable bonds is 11. The van der Waals surface area contributed by atoms with Gasteiger partial charge >= 0.3 is 12.0 Å². The molecule has 0 unspecified atom stereocenters. The van der Waals surface area contributed by atoms with Crippen molar-refractivity contribution in [1.29, 1.82) is 0 Å². The van der Waals surface area contributed by atoms with E-state index in [4.69, 9.17) is 4.74 Å². The van der Waals surface area contributed by atoms with Gasteiger partial charge in [0.1, 0.15) is 0 Å². The fourth-order valence-electron chi connectivity index (χ4n) is 3.44. The van der Waals surface area contributed by atoms with Gasteiger partial charge in [-0.3, -0.25) is 14.4 Å². The highest BCUT2D eigenvalue weighted by atomic mass is 16.5. The molecular weight excluding hydrogens is 472 g/mol. The van der Waals surface area contributed by atoms with E-state index in [0.29, 0.717) is 36.5 Å². The molecule has 0 radical (unpaired) electrons. The van der Waals surface area contributed by atoms with Gasteiger partial charge in [-0.05, 0) is 54.8 Å². The maximum Gasteiger partial charge on any atom is 0.319 e. The van der Waals surface area contributed by atoms with Crippen LogP contribution in [0.1, 0.15) is 34.8 Å². The first-order valence-corrected chi connectivity index (χ1v) is 11.9. The minimum Gasteiger partial charge on any atom is -0.466 e. The SMILES string of the molecule is CCOC(=O)CCc1cccc(NC(=O)CNC(=O)c2cccc(NC(=O)NCc3ccccc3)c2)c1. The van der Waals surface area contributed by atoms with Crippen molar-refractivity contribution in [3.05, 3.63) is 95.6 Å². The number of anilines is 2. The van der Waals surface area contributed by atoms with Crippen molar-refractivity contribution in [1.82, 2.24) is 10.6 Å². The van der Waals surface area contributed by atoms with Crippen LogP contribution >= 0.6 is 0 Å². The van der Waals surface area contributed by atoms with Crippen LogP contribution in [0.25, 0.3) is 0 Å². The highest BCUT2D eigenvalue weighted by Crippen LogP contribution is 2.13. The molecule has 9 nitrogen and oxygen atoms in total. The Kier molecular flexibility index (Phi) is 10.2. The number of nitrogens with one attached hydrogen (secondary N) is 4. The highest BCUT2D eigenvalue weighted by molar-refractivity contribution is 6.00. The maximum atomic E-state index is 12.5. The smallest absolute Gasteiger partial charge is 0.319 e. The lowest BCUT2D eigenvalue weighted by atomic mass is 10.1. The van der Waals surface area contributed by atoms with Gasteiger partial charge in [0.2, 0.25) is 5.91 Å². The van der Waals surface area contributed by atoms with Gasteiger partial charge in [0.25, 0.3) is 5.91 Å². The molecule has 3 aromatic carbocycles. The van der Waals surface area contributed by atoms with Crippen LogP contribution in [0.2, 0.25) is 0 Å². The molecule has 0 aliphatic heterocycles. The number of esters is 1. The normalized spacial score (nSPS) is 10.2. The van der Waals surface area contributed by atoms with E-state index in [1.54, 1.807) is 43.3 Å². The Hall–Kier alpha value is -4.66. The molecule has 0 bridgehead atoms. The number of urea groups is 1. The highest BCUT2D eigenvalue weighted by Gasteiger charge is 2.11. The third-order valence-electron chi connectivity index (χ3n) is 5.22. The maximum absolute atomic E-state index is 12.5. The third-order valence-corrected chi connectivity index (χ3v) is 5.22. The molecule has 4 amide bonds. The standard InChI is InChI=1S/C28H30N4O5/c1-2-37-26(34)15-14-20-10-6-12-23(16-20)31-25(33)19-29-27(35)22-11-7-13-24(17-22)32-28(36)30-18-21-8-4-3-5-9-21/h3-13,16-17H,2,14-15,18-19H2,1H3,(H,29,35)(H,31,33)(H2,30,32,36). The minimum atomic E-state index is -0.452. The van der Waals surface area contributed by atoms with Gasteiger partial charge in [-0.25, -0.2) is 4.79 Å². The van der Waals surface area contributed by atoms with Crippen molar-refractivity contribution in [2.75, 3.05) is 23.8 Å². The lowest BCUT2D eigenvalue weighted by Crippen LogP contribution is -2.33. The van der Waals surface area contributed by atoms with Crippen LogP contribution in [-0.2, 0) is 27.3 Å². The first-order valence-electron chi connectivity index (χ1n) is 11.9. The molecule has 0 saturated heterocycles.